The van der Waals surface area contributed by atoms with Gasteiger partial charge in [0.05, 0.1) is 0 Å². The Balaban J connectivity index is 1.92. The largest absolute Gasteiger partial charge is 0.299 e. The van der Waals surface area contributed by atoms with Gasteiger partial charge >= 0.3 is 0 Å². The molecule has 0 radical (unpaired) electrons. The van der Waals surface area contributed by atoms with Gasteiger partial charge in [-0.25, -0.2) is 0 Å². The lowest BCUT2D eigenvalue weighted by Gasteiger charge is -2.08. The first-order valence-electron chi connectivity index (χ1n) is 5.95. The molecule has 1 nitrogen and oxygen atoms in total. The zero-order chi connectivity index (χ0) is 11.5. The number of halogens is 1. The average molecular weight is 301 g/mol. The summed E-state index contributed by atoms with van der Waals surface area (Å²) in [6.07, 6.45) is 5.34. The number of Topliss-reactive ketones (excluding diaryl/α,β-unsaturated/α-hetero) is 1. The number of carbonyl (C=O) groups excluding carboxylic acids is 1. The molecule has 1 heterocycles. The van der Waals surface area contributed by atoms with Crippen LogP contribution in [0.4, 0.5) is 0 Å². The lowest BCUT2D eigenvalue weighted by molar-refractivity contribution is -0.122. The molecule has 0 N–H and O–H groups in total. The summed E-state index contributed by atoms with van der Waals surface area (Å²) in [5, 5.41) is 2.04. The summed E-state index contributed by atoms with van der Waals surface area (Å²) in [4.78, 5) is 13.3. The predicted octanol–water partition coefficient (Wildman–Crippen LogP) is 4.45. The summed E-state index contributed by atoms with van der Waals surface area (Å²) in [5.41, 5.74) is 0. The summed E-state index contributed by atoms with van der Waals surface area (Å²) in [6, 6.07) is 2.02. The Kier molecular flexibility index (Phi) is 4.20. The third-order valence-electron chi connectivity index (χ3n) is 3.60. The zero-order valence-corrected chi connectivity index (χ0v) is 11.9. The molecule has 0 saturated heterocycles. The molecule has 88 valence electrons. The minimum Gasteiger partial charge on any atom is -0.299 e. The zero-order valence-electron chi connectivity index (χ0n) is 9.54. The van der Waals surface area contributed by atoms with Crippen molar-refractivity contribution in [2.45, 2.75) is 39.0 Å². The second kappa shape index (κ2) is 5.46. The molecule has 0 spiro atoms. The van der Waals surface area contributed by atoms with Crippen molar-refractivity contribution in [3.8, 4) is 0 Å². The van der Waals surface area contributed by atoms with Crippen LogP contribution in [0.2, 0.25) is 0 Å². The van der Waals surface area contributed by atoms with Crippen molar-refractivity contribution in [3.63, 3.8) is 0 Å². The molecule has 2 rings (SSSR count). The minimum absolute atomic E-state index is 0.332. The van der Waals surface area contributed by atoms with Gasteiger partial charge < -0.3 is 0 Å². The van der Waals surface area contributed by atoms with E-state index in [0.29, 0.717) is 18.1 Å². The van der Waals surface area contributed by atoms with E-state index < -0.39 is 0 Å². The third-order valence-corrected chi connectivity index (χ3v) is 5.53. The van der Waals surface area contributed by atoms with Crippen LogP contribution in [-0.2, 0) is 11.2 Å². The van der Waals surface area contributed by atoms with Crippen LogP contribution in [0.15, 0.2) is 15.9 Å². The molecule has 2 unspecified atom stereocenters. The average Bonchev–Trinajstić information content (AvgIpc) is 2.88. The fourth-order valence-corrected chi connectivity index (χ4v) is 3.99. The minimum atomic E-state index is 0.332. The van der Waals surface area contributed by atoms with Crippen molar-refractivity contribution in [1.82, 2.24) is 0 Å². The quantitative estimate of drug-likeness (QED) is 0.803. The molecular formula is C13H17BrOS. The second-order valence-corrected chi connectivity index (χ2v) is 6.47. The van der Waals surface area contributed by atoms with E-state index in [1.54, 1.807) is 11.3 Å². The smallest absolute Gasteiger partial charge is 0.141 e. The maximum absolute atomic E-state index is 12.1. The lowest BCUT2D eigenvalue weighted by Crippen LogP contribution is -2.13. The van der Waals surface area contributed by atoms with Gasteiger partial charge in [0.2, 0.25) is 0 Å². The molecule has 16 heavy (non-hydrogen) atoms. The van der Waals surface area contributed by atoms with E-state index in [4.69, 9.17) is 0 Å². The maximum Gasteiger partial charge on any atom is 0.141 e. The molecule has 1 aromatic rings. The van der Waals surface area contributed by atoms with Gasteiger partial charge in [0.15, 0.2) is 0 Å². The van der Waals surface area contributed by atoms with Gasteiger partial charge in [0.25, 0.3) is 0 Å². The van der Waals surface area contributed by atoms with Crippen molar-refractivity contribution in [2.75, 3.05) is 0 Å². The highest BCUT2D eigenvalue weighted by molar-refractivity contribution is 9.10. The van der Waals surface area contributed by atoms with E-state index in [2.05, 4.69) is 22.9 Å². The van der Waals surface area contributed by atoms with Crippen LogP contribution in [-0.4, -0.2) is 5.78 Å². The van der Waals surface area contributed by atoms with Crippen molar-refractivity contribution >= 4 is 33.0 Å². The van der Waals surface area contributed by atoms with Crippen LogP contribution in [0.3, 0.4) is 0 Å². The van der Waals surface area contributed by atoms with E-state index in [-0.39, 0.29) is 0 Å². The first kappa shape index (κ1) is 12.3. The van der Waals surface area contributed by atoms with E-state index in [0.717, 1.165) is 23.2 Å². The highest BCUT2D eigenvalue weighted by atomic mass is 79.9. The monoisotopic (exact) mass is 300 g/mol. The number of ketones is 1. The second-order valence-electron chi connectivity index (χ2n) is 4.62. The van der Waals surface area contributed by atoms with E-state index in [9.17, 15) is 4.79 Å². The summed E-state index contributed by atoms with van der Waals surface area (Å²) in [5.74, 6) is 1.57. The molecule has 0 amide bonds. The van der Waals surface area contributed by atoms with Crippen LogP contribution in [0.1, 0.15) is 37.5 Å². The van der Waals surface area contributed by atoms with Crippen LogP contribution >= 0.6 is 27.3 Å². The van der Waals surface area contributed by atoms with Gasteiger partial charge in [-0.15, -0.1) is 11.3 Å². The van der Waals surface area contributed by atoms with Gasteiger partial charge in [-0.1, -0.05) is 13.3 Å². The van der Waals surface area contributed by atoms with Crippen LogP contribution < -0.4 is 0 Å². The molecule has 1 aliphatic carbocycles. The van der Waals surface area contributed by atoms with Gasteiger partial charge in [-0.3, -0.25) is 4.79 Å². The SMILES string of the molecule is CCC1CCC(C(=O)Cc2sccc2Br)C1. The standard InChI is InChI=1S/C13H17BrOS/c1-2-9-3-4-10(7-9)12(15)8-13-11(14)5-6-16-13/h5-6,9-10H,2-4,7-8H2,1H3. The Bertz CT molecular complexity index is 372. The Labute approximate surface area is 109 Å². The number of rotatable bonds is 4. The van der Waals surface area contributed by atoms with Crippen molar-refractivity contribution in [1.29, 1.82) is 0 Å². The normalized spacial score (nSPS) is 24.9. The Morgan fingerprint density at radius 3 is 2.94 bits per heavy atom. The van der Waals surface area contributed by atoms with Crippen molar-refractivity contribution in [3.05, 3.63) is 20.8 Å². The summed E-state index contributed by atoms with van der Waals surface area (Å²) < 4.78 is 1.09. The molecule has 1 fully saturated rings. The third kappa shape index (κ3) is 2.75. The molecule has 3 heteroatoms. The molecule has 0 bridgehead atoms. The van der Waals surface area contributed by atoms with Gasteiger partial charge in [-0.05, 0) is 52.6 Å². The first-order valence-corrected chi connectivity index (χ1v) is 7.62. The van der Waals surface area contributed by atoms with Crippen molar-refractivity contribution < 1.29 is 4.79 Å². The fourth-order valence-electron chi connectivity index (χ4n) is 2.49. The van der Waals surface area contributed by atoms with Gasteiger partial charge in [0.1, 0.15) is 5.78 Å². The summed E-state index contributed by atoms with van der Waals surface area (Å²) in [7, 11) is 0. The predicted molar refractivity (Wildman–Crippen MR) is 71.9 cm³/mol. The van der Waals surface area contributed by atoms with Crippen molar-refractivity contribution in [2.24, 2.45) is 11.8 Å². The fraction of sp³-hybridized carbons (Fsp3) is 0.615. The van der Waals surface area contributed by atoms with E-state index >= 15 is 0 Å². The molecule has 1 aromatic heterocycles. The van der Waals surface area contributed by atoms with Gasteiger partial charge in [0, 0.05) is 21.7 Å². The molecule has 1 saturated carbocycles. The Morgan fingerprint density at radius 1 is 1.56 bits per heavy atom. The van der Waals surface area contributed by atoms with Crippen LogP contribution in [0.25, 0.3) is 0 Å². The topological polar surface area (TPSA) is 17.1 Å². The lowest BCUT2D eigenvalue weighted by atomic mass is 9.97. The number of carbonyl (C=O) groups is 1. The van der Waals surface area contributed by atoms with Crippen LogP contribution in [0.5, 0.6) is 0 Å². The van der Waals surface area contributed by atoms with Gasteiger partial charge in [-0.2, -0.15) is 0 Å². The highest BCUT2D eigenvalue weighted by Gasteiger charge is 2.28. The number of thiophene rings is 1. The van der Waals surface area contributed by atoms with E-state index in [1.165, 1.54) is 17.7 Å². The molecule has 0 aliphatic heterocycles. The Morgan fingerprint density at radius 2 is 2.38 bits per heavy atom. The summed E-state index contributed by atoms with van der Waals surface area (Å²) in [6.45, 7) is 2.23. The molecule has 2 atom stereocenters. The Hall–Kier alpha value is -0.150. The number of hydrogen-bond donors (Lipinski definition) is 0. The first-order chi connectivity index (χ1) is 7.70. The molecule has 0 aromatic carbocycles. The molecular weight excluding hydrogens is 284 g/mol. The summed E-state index contributed by atoms with van der Waals surface area (Å²) >= 11 is 5.16. The number of hydrogen-bond acceptors (Lipinski definition) is 2. The van der Waals surface area contributed by atoms with Crippen LogP contribution in [0, 0.1) is 11.8 Å². The maximum atomic E-state index is 12.1. The molecule has 1 aliphatic rings. The van der Waals surface area contributed by atoms with E-state index in [1.807, 2.05) is 11.4 Å². The highest BCUT2D eigenvalue weighted by Crippen LogP contribution is 2.35.